The van der Waals surface area contributed by atoms with E-state index < -0.39 is 30.3 Å². The van der Waals surface area contributed by atoms with Crippen LogP contribution in [0.25, 0.3) is 0 Å². The molecule has 1 aromatic carbocycles. The minimum absolute atomic E-state index is 0.0559. The van der Waals surface area contributed by atoms with Crippen molar-refractivity contribution in [3.63, 3.8) is 0 Å². The van der Waals surface area contributed by atoms with Crippen molar-refractivity contribution < 1.29 is 13.7 Å². The van der Waals surface area contributed by atoms with Crippen LogP contribution in [0.15, 0.2) is 47.0 Å². The Labute approximate surface area is 178 Å². The quantitative estimate of drug-likeness (QED) is 0.374. The molecule has 0 aliphatic rings. The van der Waals surface area contributed by atoms with Crippen LogP contribution in [0.1, 0.15) is 59.6 Å². The normalized spacial score (nSPS) is 17.4. The molecule has 1 N–H and O–H groups in total. The number of hydrogen-bond acceptors (Lipinski definition) is 4. The van der Waals surface area contributed by atoms with E-state index in [1.807, 2.05) is 50.3 Å². The molecule has 0 saturated carbocycles. The van der Waals surface area contributed by atoms with E-state index in [0.717, 1.165) is 5.56 Å². The number of rotatable bonds is 8. The van der Waals surface area contributed by atoms with Crippen LogP contribution in [0.3, 0.4) is 0 Å². The molecule has 165 valence electrons. The van der Waals surface area contributed by atoms with Crippen LogP contribution >= 0.6 is 0 Å². The number of benzene rings is 1. The van der Waals surface area contributed by atoms with Crippen molar-refractivity contribution in [1.29, 1.82) is 0 Å². The largest absolute Gasteiger partial charge is 0.441 e. The summed E-state index contributed by atoms with van der Waals surface area (Å²) >= 11 is 0. The maximum atomic E-state index is 14.0. The first-order valence-electron chi connectivity index (χ1n) is 10.1. The van der Waals surface area contributed by atoms with Crippen LogP contribution in [-0.2, 0) is 14.7 Å². The fraction of sp³-hybridized carbons (Fsp3) is 0.591. The number of hydrogen-bond donors (Lipinski definition) is 1. The van der Waals surface area contributed by atoms with Crippen molar-refractivity contribution >= 4 is 24.2 Å². The second-order valence-electron chi connectivity index (χ2n) is 9.24. The maximum Gasteiger partial charge on any atom is 0.420 e. The van der Waals surface area contributed by atoms with Gasteiger partial charge in [-0.15, -0.1) is 24.7 Å². The van der Waals surface area contributed by atoms with E-state index in [1.165, 1.54) is 0 Å². The molecule has 0 aliphatic heterocycles. The lowest BCUT2D eigenvalue weighted by atomic mass is 10.1. The highest BCUT2D eigenvalue weighted by molar-refractivity contribution is 7.93. The van der Waals surface area contributed by atoms with Gasteiger partial charge < -0.3 is 8.77 Å². The van der Waals surface area contributed by atoms with Gasteiger partial charge >= 0.3 is 6.09 Å². The Morgan fingerprint density at radius 3 is 2.28 bits per heavy atom. The van der Waals surface area contributed by atoms with E-state index in [9.17, 15) is 9.00 Å². The van der Waals surface area contributed by atoms with Gasteiger partial charge in [-0.25, -0.2) is 13.7 Å². The smallest absolute Gasteiger partial charge is 0.420 e. The predicted molar refractivity (Wildman–Crippen MR) is 126 cm³/mol. The molecule has 0 aromatic heterocycles. The van der Waals surface area contributed by atoms with E-state index >= 15 is 0 Å². The molecular weight excluding hydrogens is 400 g/mol. The second kappa shape index (κ2) is 9.94. The Morgan fingerprint density at radius 2 is 1.79 bits per heavy atom. The lowest BCUT2D eigenvalue weighted by Crippen LogP contribution is -2.45. The van der Waals surface area contributed by atoms with Crippen LogP contribution < -0.4 is 4.72 Å². The lowest BCUT2D eigenvalue weighted by Gasteiger charge is -2.45. The average molecular weight is 439 g/mol. The van der Waals surface area contributed by atoms with Gasteiger partial charge in [0.15, 0.2) is 0 Å². The van der Waals surface area contributed by atoms with E-state index in [1.54, 1.807) is 6.92 Å². The minimum atomic E-state index is -3.04. The zero-order valence-electron chi connectivity index (χ0n) is 19.2. The molecule has 29 heavy (non-hydrogen) atoms. The van der Waals surface area contributed by atoms with Crippen LogP contribution in [0.2, 0.25) is 18.1 Å². The predicted octanol–water partition coefficient (Wildman–Crippen LogP) is 6.46. The number of nitrogens with one attached hydrogen (secondary N) is 1. The van der Waals surface area contributed by atoms with Gasteiger partial charge in [-0.2, -0.15) is 0 Å². The van der Waals surface area contributed by atoms with Crippen LogP contribution in [0.5, 0.6) is 0 Å². The summed E-state index contributed by atoms with van der Waals surface area (Å²) in [5.41, 5.74) is 0.878. The summed E-state index contributed by atoms with van der Waals surface area (Å²) in [6, 6.07) is 9.47. The Morgan fingerprint density at radius 1 is 1.24 bits per heavy atom. The minimum Gasteiger partial charge on any atom is -0.441 e. The van der Waals surface area contributed by atoms with Crippen molar-refractivity contribution in [2.45, 2.75) is 77.4 Å². The fourth-order valence-corrected chi connectivity index (χ4v) is 8.41. The number of allylic oxidation sites excluding steroid dienone is 1. The van der Waals surface area contributed by atoms with Gasteiger partial charge in [0.05, 0.1) is 15.2 Å². The molecule has 4 atom stereocenters. The van der Waals surface area contributed by atoms with Crippen molar-refractivity contribution in [3.8, 4) is 0 Å². The number of carbonyl (C=O) groups is 1. The lowest BCUT2D eigenvalue weighted by molar-refractivity contribution is 0.113. The van der Waals surface area contributed by atoms with Crippen LogP contribution in [0.4, 0.5) is 4.79 Å². The molecular formula is C22H38N2O3SSi-. The Kier molecular flexibility index (Phi) is 8.71. The SMILES string of the molecule is C=CC[C@H](C)[C@@H](C)S(=O)(=N[Si-](C)(C)C(C)(C)C)NC(=O)O[C@@H](C)c1ccccc1. The monoisotopic (exact) mass is 438 g/mol. The van der Waals surface area contributed by atoms with Crippen molar-refractivity contribution in [2.24, 2.45) is 9.95 Å². The van der Waals surface area contributed by atoms with Crippen molar-refractivity contribution in [3.05, 3.63) is 48.6 Å². The van der Waals surface area contributed by atoms with Crippen LogP contribution in [-0.4, -0.2) is 23.8 Å². The third kappa shape index (κ3) is 6.99. The zero-order valence-corrected chi connectivity index (χ0v) is 21.0. The summed E-state index contributed by atoms with van der Waals surface area (Å²) in [6.45, 7) is 20.0. The van der Waals surface area contributed by atoms with Gasteiger partial charge in [0.25, 0.3) is 0 Å². The highest BCUT2D eigenvalue weighted by atomic mass is 32.2. The first-order chi connectivity index (χ1) is 13.2. The maximum absolute atomic E-state index is 14.0. The van der Waals surface area contributed by atoms with Gasteiger partial charge in [0, 0.05) is 0 Å². The van der Waals surface area contributed by atoms with Gasteiger partial charge in [-0.1, -0.05) is 64.1 Å². The van der Waals surface area contributed by atoms with E-state index in [4.69, 9.17) is 8.77 Å². The second-order valence-corrected chi connectivity index (χ2v) is 16.7. The Balaban J connectivity index is 3.22. The van der Waals surface area contributed by atoms with Crippen molar-refractivity contribution in [2.75, 3.05) is 0 Å². The van der Waals surface area contributed by atoms with Gasteiger partial charge in [0.1, 0.15) is 6.10 Å². The highest BCUT2D eigenvalue weighted by Crippen LogP contribution is 2.38. The molecule has 1 rings (SSSR count). The summed E-state index contributed by atoms with van der Waals surface area (Å²) in [6.07, 6.45) is 1.35. The molecule has 1 amide bonds. The summed E-state index contributed by atoms with van der Waals surface area (Å²) in [7, 11) is -5.33. The number of nitrogens with zero attached hydrogens (tertiary/aromatic N) is 1. The average Bonchev–Trinajstić information content (AvgIpc) is 2.60. The summed E-state index contributed by atoms with van der Waals surface area (Å²) in [5.74, 6) is 0.0559. The molecule has 1 aromatic rings. The molecule has 0 heterocycles. The number of ether oxygens (including phenoxy) is 1. The molecule has 0 saturated heterocycles. The molecule has 5 nitrogen and oxygen atoms in total. The molecule has 0 radical (unpaired) electrons. The number of amides is 1. The number of carbonyl (C=O) groups excluding carboxylic acids is 1. The first kappa shape index (κ1) is 25.4. The zero-order chi connectivity index (χ0) is 22.5. The van der Waals surface area contributed by atoms with E-state index in [-0.39, 0.29) is 16.2 Å². The van der Waals surface area contributed by atoms with Crippen LogP contribution in [0, 0.1) is 5.92 Å². The van der Waals surface area contributed by atoms with Gasteiger partial charge in [-0.05, 0) is 40.0 Å². The van der Waals surface area contributed by atoms with Gasteiger partial charge in [0.2, 0.25) is 0 Å². The molecule has 0 bridgehead atoms. The van der Waals surface area contributed by atoms with E-state index in [2.05, 4.69) is 45.2 Å². The molecule has 0 fully saturated rings. The van der Waals surface area contributed by atoms with E-state index in [0.29, 0.717) is 6.42 Å². The highest BCUT2D eigenvalue weighted by Gasteiger charge is 2.31. The van der Waals surface area contributed by atoms with Crippen molar-refractivity contribution in [1.82, 2.24) is 4.72 Å². The first-order valence-corrected chi connectivity index (χ1v) is 14.7. The van der Waals surface area contributed by atoms with Gasteiger partial charge in [-0.3, -0.25) is 0 Å². The third-order valence-electron chi connectivity index (χ3n) is 5.83. The summed E-state index contributed by atoms with van der Waals surface area (Å²) in [5, 5.41) is -0.436. The molecule has 0 spiro atoms. The Bertz CT molecular complexity index is 809. The molecule has 0 aliphatic carbocycles. The summed E-state index contributed by atoms with van der Waals surface area (Å²) in [4.78, 5) is 12.7. The fourth-order valence-electron chi connectivity index (χ4n) is 2.54. The topological polar surface area (TPSA) is 67.8 Å². The molecule has 1 unspecified atom stereocenters. The third-order valence-corrected chi connectivity index (χ3v) is 14.3. The summed E-state index contributed by atoms with van der Waals surface area (Å²) < 4.78 is 27.1. The molecule has 7 heteroatoms. The Hall–Kier alpha value is -1.60. The standard InChI is InChI=1S/C22H38N2O3SSi/c1-10-14-17(2)19(4)28(26,24-29(8,9)22(5,6)7)23-21(25)27-18(3)20-15-12-11-13-16-20/h10-13,15-19H,1,14H2,2-9H3,(H,23,24,25,26)/q-1/t17-,18-,19+,28?/m0/s1.